The van der Waals surface area contributed by atoms with E-state index in [1.807, 2.05) is 30.3 Å². The standard InChI is InChI=1S/C24H15ClN2/c25-24-26-22-9-5-4-8-21(22)23(27-24)19-13-11-17-10-12-18(14-20(17)15-19)16-6-2-1-3-7-16/h1-15H. The molecule has 0 N–H and O–H groups in total. The Morgan fingerprint density at radius 3 is 2.11 bits per heavy atom. The highest BCUT2D eigenvalue weighted by Gasteiger charge is 2.10. The fourth-order valence-electron chi connectivity index (χ4n) is 3.47. The monoisotopic (exact) mass is 366 g/mol. The van der Waals surface area contributed by atoms with Gasteiger partial charge in [-0.05, 0) is 51.7 Å². The Morgan fingerprint density at radius 2 is 1.26 bits per heavy atom. The Kier molecular flexibility index (Phi) is 3.84. The van der Waals surface area contributed by atoms with Crippen molar-refractivity contribution in [3.63, 3.8) is 0 Å². The molecular formula is C24H15ClN2. The normalized spacial score (nSPS) is 11.1. The Balaban J connectivity index is 1.71. The number of hydrogen-bond acceptors (Lipinski definition) is 2. The van der Waals surface area contributed by atoms with Crippen LogP contribution < -0.4 is 0 Å². The molecule has 1 aromatic heterocycles. The number of para-hydroxylation sites is 1. The fraction of sp³-hybridized carbons (Fsp3) is 0. The van der Waals surface area contributed by atoms with Crippen molar-refractivity contribution in [2.24, 2.45) is 0 Å². The van der Waals surface area contributed by atoms with Crippen LogP contribution in [-0.4, -0.2) is 9.97 Å². The number of halogens is 1. The molecule has 5 rings (SSSR count). The number of rotatable bonds is 2. The molecule has 0 spiro atoms. The summed E-state index contributed by atoms with van der Waals surface area (Å²) in [6.07, 6.45) is 0. The Morgan fingerprint density at radius 1 is 0.556 bits per heavy atom. The van der Waals surface area contributed by atoms with Gasteiger partial charge in [-0.2, -0.15) is 0 Å². The first-order valence-electron chi connectivity index (χ1n) is 8.80. The SMILES string of the molecule is Clc1nc(-c2ccc3ccc(-c4ccccc4)cc3c2)c2ccccc2n1. The summed E-state index contributed by atoms with van der Waals surface area (Å²) >= 11 is 6.17. The van der Waals surface area contributed by atoms with E-state index in [2.05, 4.69) is 70.6 Å². The van der Waals surface area contributed by atoms with Gasteiger partial charge in [0.1, 0.15) is 0 Å². The van der Waals surface area contributed by atoms with Gasteiger partial charge in [-0.25, -0.2) is 9.97 Å². The van der Waals surface area contributed by atoms with E-state index in [4.69, 9.17) is 11.6 Å². The topological polar surface area (TPSA) is 25.8 Å². The zero-order chi connectivity index (χ0) is 18.2. The first-order valence-corrected chi connectivity index (χ1v) is 9.18. The van der Waals surface area contributed by atoms with E-state index in [0.717, 1.165) is 22.2 Å². The van der Waals surface area contributed by atoms with Crippen molar-refractivity contribution in [2.45, 2.75) is 0 Å². The van der Waals surface area contributed by atoms with Crippen LogP contribution in [0.25, 0.3) is 44.1 Å². The van der Waals surface area contributed by atoms with Gasteiger partial charge < -0.3 is 0 Å². The van der Waals surface area contributed by atoms with Gasteiger partial charge in [0, 0.05) is 10.9 Å². The maximum absolute atomic E-state index is 6.17. The van der Waals surface area contributed by atoms with Crippen LogP contribution in [0.4, 0.5) is 0 Å². The molecule has 0 bridgehead atoms. The van der Waals surface area contributed by atoms with E-state index >= 15 is 0 Å². The van der Waals surface area contributed by atoms with Crippen LogP contribution in [0.15, 0.2) is 91.0 Å². The van der Waals surface area contributed by atoms with Crippen molar-refractivity contribution in [3.8, 4) is 22.4 Å². The average Bonchev–Trinajstić information content (AvgIpc) is 2.73. The van der Waals surface area contributed by atoms with Gasteiger partial charge in [0.2, 0.25) is 5.28 Å². The van der Waals surface area contributed by atoms with Gasteiger partial charge in [-0.1, -0.05) is 72.8 Å². The molecule has 0 unspecified atom stereocenters. The van der Waals surface area contributed by atoms with E-state index in [9.17, 15) is 0 Å². The van der Waals surface area contributed by atoms with Crippen molar-refractivity contribution in [1.82, 2.24) is 9.97 Å². The van der Waals surface area contributed by atoms with E-state index < -0.39 is 0 Å². The predicted octanol–water partition coefficient (Wildman–Crippen LogP) is 6.77. The molecule has 5 aromatic rings. The van der Waals surface area contributed by atoms with Crippen molar-refractivity contribution < 1.29 is 0 Å². The lowest BCUT2D eigenvalue weighted by molar-refractivity contribution is 1.22. The van der Waals surface area contributed by atoms with Gasteiger partial charge >= 0.3 is 0 Å². The maximum atomic E-state index is 6.17. The molecule has 0 aliphatic heterocycles. The van der Waals surface area contributed by atoms with Crippen molar-refractivity contribution in [2.75, 3.05) is 0 Å². The first kappa shape index (κ1) is 16.0. The number of benzene rings is 4. The summed E-state index contributed by atoms with van der Waals surface area (Å²) < 4.78 is 0. The van der Waals surface area contributed by atoms with E-state index in [-0.39, 0.29) is 5.28 Å². The molecule has 2 nitrogen and oxygen atoms in total. The molecule has 0 aliphatic rings. The highest BCUT2D eigenvalue weighted by Crippen LogP contribution is 2.31. The summed E-state index contributed by atoms with van der Waals surface area (Å²) in [5, 5.41) is 3.64. The third-order valence-electron chi connectivity index (χ3n) is 4.80. The summed E-state index contributed by atoms with van der Waals surface area (Å²) in [5.74, 6) is 0. The van der Waals surface area contributed by atoms with Gasteiger partial charge in [0.25, 0.3) is 0 Å². The molecule has 0 saturated carbocycles. The quantitative estimate of drug-likeness (QED) is 0.322. The zero-order valence-corrected chi connectivity index (χ0v) is 15.2. The van der Waals surface area contributed by atoms with E-state index in [1.165, 1.54) is 21.9 Å². The summed E-state index contributed by atoms with van der Waals surface area (Å²) in [5.41, 5.74) is 5.16. The second-order valence-electron chi connectivity index (χ2n) is 6.50. The van der Waals surface area contributed by atoms with Crippen molar-refractivity contribution in [1.29, 1.82) is 0 Å². The summed E-state index contributed by atoms with van der Waals surface area (Å²) in [6.45, 7) is 0. The second-order valence-corrected chi connectivity index (χ2v) is 6.84. The van der Waals surface area contributed by atoms with Gasteiger partial charge in [-0.15, -0.1) is 0 Å². The smallest absolute Gasteiger partial charge is 0.218 e. The molecular weight excluding hydrogens is 352 g/mol. The van der Waals surface area contributed by atoms with Crippen molar-refractivity contribution in [3.05, 3.63) is 96.3 Å². The molecule has 27 heavy (non-hydrogen) atoms. The van der Waals surface area contributed by atoms with Crippen LogP contribution in [0, 0.1) is 0 Å². The zero-order valence-electron chi connectivity index (χ0n) is 14.4. The summed E-state index contributed by atoms with van der Waals surface area (Å²) in [4.78, 5) is 8.85. The third kappa shape index (κ3) is 2.94. The highest BCUT2D eigenvalue weighted by atomic mass is 35.5. The van der Waals surface area contributed by atoms with Crippen molar-refractivity contribution >= 4 is 33.3 Å². The Bertz CT molecular complexity index is 1280. The minimum atomic E-state index is 0.266. The third-order valence-corrected chi connectivity index (χ3v) is 4.97. The molecule has 0 aliphatic carbocycles. The Labute approximate surface area is 162 Å². The van der Waals surface area contributed by atoms with Crippen LogP contribution in [0.5, 0.6) is 0 Å². The minimum Gasteiger partial charge on any atom is -0.218 e. The first-order chi connectivity index (χ1) is 13.3. The van der Waals surface area contributed by atoms with Crippen LogP contribution in [0.1, 0.15) is 0 Å². The molecule has 3 heteroatoms. The number of fused-ring (bicyclic) bond motifs is 2. The van der Waals surface area contributed by atoms with E-state index in [1.54, 1.807) is 0 Å². The summed E-state index contributed by atoms with van der Waals surface area (Å²) in [7, 11) is 0. The molecule has 1 heterocycles. The van der Waals surface area contributed by atoms with Crippen LogP contribution >= 0.6 is 11.6 Å². The molecule has 0 atom stereocenters. The lowest BCUT2D eigenvalue weighted by Crippen LogP contribution is -1.91. The van der Waals surface area contributed by atoms with Gasteiger partial charge in [0.15, 0.2) is 0 Å². The number of aromatic nitrogens is 2. The number of nitrogens with zero attached hydrogens (tertiary/aromatic N) is 2. The molecule has 0 fully saturated rings. The lowest BCUT2D eigenvalue weighted by Gasteiger charge is -2.09. The van der Waals surface area contributed by atoms with Crippen LogP contribution in [0.2, 0.25) is 5.28 Å². The molecule has 4 aromatic carbocycles. The average molecular weight is 367 g/mol. The second kappa shape index (κ2) is 6.49. The predicted molar refractivity (Wildman–Crippen MR) is 113 cm³/mol. The summed E-state index contributed by atoms with van der Waals surface area (Å²) in [6, 6.07) is 31.3. The lowest BCUT2D eigenvalue weighted by atomic mass is 9.98. The minimum absolute atomic E-state index is 0.266. The molecule has 0 amide bonds. The van der Waals surface area contributed by atoms with Gasteiger partial charge in [-0.3, -0.25) is 0 Å². The largest absolute Gasteiger partial charge is 0.223 e. The fourth-order valence-corrected chi connectivity index (χ4v) is 3.65. The molecule has 0 saturated heterocycles. The van der Waals surface area contributed by atoms with Crippen LogP contribution in [-0.2, 0) is 0 Å². The maximum Gasteiger partial charge on any atom is 0.223 e. The molecule has 128 valence electrons. The Hall–Kier alpha value is -3.23. The van der Waals surface area contributed by atoms with Crippen LogP contribution in [0.3, 0.4) is 0 Å². The molecule has 0 radical (unpaired) electrons. The van der Waals surface area contributed by atoms with Gasteiger partial charge in [0.05, 0.1) is 11.2 Å². The highest BCUT2D eigenvalue weighted by molar-refractivity contribution is 6.28. The van der Waals surface area contributed by atoms with E-state index in [0.29, 0.717) is 0 Å². The number of hydrogen-bond donors (Lipinski definition) is 0.